The lowest BCUT2D eigenvalue weighted by atomic mass is 9.84. The van der Waals surface area contributed by atoms with Crippen LogP contribution < -0.4 is 11.1 Å². The Morgan fingerprint density at radius 2 is 1.84 bits per heavy atom. The molecule has 1 aromatic carbocycles. The van der Waals surface area contributed by atoms with Crippen LogP contribution in [0.5, 0.6) is 0 Å². The number of hydrogen-bond acceptors (Lipinski definition) is 8. The Kier molecular flexibility index (Phi) is 5.20. The molecule has 1 aliphatic heterocycles. The summed E-state index contributed by atoms with van der Waals surface area (Å²) < 4.78 is 30.4. The molecule has 32 heavy (non-hydrogen) atoms. The van der Waals surface area contributed by atoms with Gasteiger partial charge in [0.05, 0.1) is 5.69 Å². The zero-order valence-electron chi connectivity index (χ0n) is 17.9. The maximum Gasteiger partial charge on any atom is 0.229 e. The minimum Gasteiger partial charge on any atom is -0.381 e. The number of nitrogens with two attached hydrogens (primary N) is 1. The van der Waals surface area contributed by atoms with Crippen molar-refractivity contribution in [3.8, 4) is 5.69 Å². The number of piperidine rings is 1. The molecule has 3 heterocycles. The van der Waals surface area contributed by atoms with Crippen LogP contribution in [0.1, 0.15) is 51.1 Å². The smallest absolute Gasteiger partial charge is 0.229 e. The topological polar surface area (TPSA) is 111 Å². The maximum absolute atomic E-state index is 15.0. The first-order chi connectivity index (χ1) is 15.4. The van der Waals surface area contributed by atoms with Gasteiger partial charge in [-0.05, 0) is 68.2 Å². The van der Waals surface area contributed by atoms with Gasteiger partial charge in [0.15, 0.2) is 11.6 Å². The van der Waals surface area contributed by atoms with Gasteiger partial charge in [0.25, 0.3) is 0 Å². The van der Waals surface area contributed by atoms with Gasteiger partial charge in [-0.15, -0.1) is 5.10 Å². The predicted molar refractivity (Wildman–Crippen MR) is 115 cm³/mol. The van der Waals surface area contributed by atoms with E-state index in [1.807, 2.05) is 0 Å². The second kappa shape index (κ2) is 8.05. The number of aromatic nitrogens is 6. The molecule has 2 unspecified atom stereocenters. The van der Waals surface area contributed by atoms with Crippen LogP contribution in [0.25, 0.3) is 5.69 Å². The lowest BCUT2D eigenvalue weighted by Gasteiger charge is -2.43. The Morgan fingerprint density at radius 3 is 2.50 bits per heavy atom. The van der Waals surface area contributed by atoms with E-state index in [0.717, 1.165) is 12.8 Å². The molecule has 168 valence electrons. The molecule has 2 aliphatic rings. The molecule has 0 radical (unpaired) electrons. The Morgan fingerprint density at radius 1 is 1.09 bits per heavy atom. The Balaban J connectivity index is 1.41. The lowest BCUT2D eigenvalue weighted by Crippen LogP contribution is -2.47. The second-order valence-corrected chi connectivity index (χ2v) is 8.72. The van der Waals surface area contributed by atoms with E-state index in [1.165, 1.54) is 42.0 Å². The van der Waals surface area contributed by atoms with Crippen molar-refractivity contribution in [1.82, 2.24) is 35.1 Å². The average Bonchev–Trinajstić information content (AvgIpc) is 3.43. The van der Waals surface area contributed by atoms with Crippen LogP contribution in [0.3, 0.4) is 0 Å². The third-order valence-corrected chi connectivity index (χ3v) is 6.32. The summed E-state index contributed by atoms with van der Waals surface area (Å²) in [4.78, 5) is 11.1. The fourth-order valence-corrected chi connectivity index (χ4v) is 4.89. The Labute approximate surface area is 184 Å². The molecule has 1 aliphatic carbocycles. The van der Waals surface area contributed by atoms with Gasteiger partial charge in [-0.25, -0.2) is 13.8 Å². The fourth-order valence-electron chi connectivity index (χ4n) is 4.89. The molecule has 0 amide bonds. The standard InChI is InChI=1S/C21H25F2N9/c1-11-7-13(8-12(2)32(11)15-4-5-15)19-18(23)20(24)28-21(27-19)26-14-3-6-16(22)17(9-14)31-10-25-29-30-31/h3,6,9-13,15H,4-5,7-8H2,1-2H3,(H3,24,26,27,28). The fraction of sp³-hybridized carbons (Fsp3) is 0.476. The summed E-state index contributed by atoms with van der Waals surface area (Å²) in [6.07, 6.45) is 5.41. The first-order valence-corrected chi connectivity index (χ1v) is 10.8. The third-order valence-electron chi connectivity index (χ3n) is 6.32. The Hall–Kier alpha value is -3.21. The van der Waals surface area contributed by atoms with Crippen LogP contribution in [-0.2, 0) is 0 Å². The quantitative estimate of drug-likeness (QED) is 0.621. The van der Waals surface area contributed by atoms with Crippen LogP contribution in [0.4, 0.5) is 26.2 Å². The summed E-state index contributed by atoms with van der Waals surface area (Å²) in [7, 11) is 0. The zero-order valence-corrected chi connectivity index (χ0v) is 17.9. The van der Waals surface area contributed by atoms with Crippen LogP contribution in [0.2, 0.25) is 0 Å². The summed E-state index contributed by atoms with van der Waals surface area (Å²) in [6.45, 7) is 4.39. The third kappa shape index (κ3) is 3.88. The molecule has 9 nitrogen and oxygen atoms in total. The van der Waals surface area contributed by atoms with Crippen LogP contribution >= 0.6 is 0 Å². The first kappa shape index (κ1) is 20.7. The minimum absolute atomic E-state index is 0.0501. The van der Waals surface area contributed by atoms with E-state index in [2.05, 4.69) is 49.6 Å². The van der Waals surface area contributed by atoms with E-state index in [1.54, 1.807) is 0 Å². The van der Waals surface area contributed by atoms with Gasteiger partial charge in [0.2, 0.25) is 5.95 Å². The minimum atomic E-state index is -0.562. The number of rotatable bonds is 5. The van der Waals surface area contributed by atoms with Crippen molar-refractivity contribution in [2.24, 2.45) is 0 Å². The molecule has 5 rings (SSSR count). The van der Waals surface area contributed by atoms with Crippen molar-refractivity contribution in [2.45, 2.75) is 63.6 Å². The first-order valence-electron chi connectivity index (χ1n) is 10.8. The van der Waals surface area contributed by atoms with Crippen molar-refractivity contribution >= 4 is 17.5 Å². The molecule has 1 saturated carbocycles. The van der Waals surface area contributed by atoms with Crippen molar-refractivity contribution in [2.75, 3.05) is 11.1 Å². The highest BCUT2D eigenvalue weighted by molar-refractivity contribution is 5.59. The van der Waals surface area contributed by atoms with Gasteiger partial charge < -0.3 is 11.1 Å². The summed E-state index contributed by atoms with van der Waals surface area (Å²) in [5, 5.41) is 13.8. The molecule has 0 bridgehead atoms. The monoisotopic (exact) mass is 441 g/mol. The largest absolute Gasteiger partial charge is 0.381 e. The molecule has 3 N–H and O–H groups in total. The van der Waals surface area contributed by atoms with Crippen molar-refractivity contribution in [1.29, 1.82) is 0 Å². The SMILES string of the molecule is CC1CC(c2nc(Nc3ccc(F)c(-n4cnnn4)c3)nc(N)c2F)CC(C)N1C1CC1. The Bertz CT molecular complexity index is 1100. The number of tetrazole rings is 1. The van der Waals surface area contributed by atoms with E-state index in [-0.39, 0.29) is 23.4 Å². The summed E-state index contributed by atoms with van der Waals surface area (Å²) in [6, 6.07) is 5.69. The predicted octanol–water partition coefficient (Wildman–Crippen LogP) is 3.18. The number of anilines is 3. The van der Waals surface area contributed by atoms with Gasteiger partial charge >= 0.3 is 0 Å². The van der Waals surface area contributed by atoms with Crippen LogP contribution in [0, 0.1) is 11.6 Å². The molecule has 2 fully saturated rings. The number of nitrogens with zero attached hydrogens (tertiary/aromatic N) is 7. The van der Waals surface area contributed by atoms with Gasteiger partial charge in [0, 0.05) is 29.7 Å². The van der Waals surface area contributed by atoms with E-state index in [4.69, 9.17) is 5.73 Å². The average molecular weight is 441 g/mol. The van der Waals surface area contributed by atoms with Crippen LogP contribution in [-0.4, -0.2) is 53.2 Å². The van der Waals surface area contributed by atoms with Gasteiger partial charge in [0.1, 0.15) is 17.8 Å². The maximum atomic E-state index is 15.0. The van der Waals surface area contributed by atoms with Crippen LogP contribution in [0.15, 0.2) is 24.5 Å². The van der Waals surface area contributed by atoms with E-state index in [0.29, 0.717) is 29.5 Å². The molecule has 11 heteroatoms. The number of benzene rings is 1. The molecule has 0 spiro atoms. The number of hydrogen-bond donors (Lipinski definition) is 2. The summed E-state index contributed by atoms with van der Waals surface area (Å²) in [5.41, 5.74) is 6.89. The lowest BCUT2D eigenvalue weighted by molar-refractivity contribution is 0.0807. The van der Waals surface area contributed by atoms with E-state index >= 15 is 0 Å². The summed E-state index contributed by atoms with van der Waals surface area (Å²) in [5.74, 6) is -1.14. The summed E-state index contributed by atoms with van der Waals surface area (Å²) >= 11 is 0. The number of nitrogens with one attached hydrogen (secondary N) is 1. The van der Waals surface area contributed by atoms with Crippen molar-refractivity contribution in [3.05, 3.63) is 41.9 Å². The van der Waals surface area contributed by atoms with Gasteiger partial charge in [-0.1, -0.05) is 0 Å². The zero-order chi connectivity index (χ0) is 22.4. The molecular weight excluding hydrogens is 416 g/mol. The van der Waals surface area contributed by atoms with E-state index in [9.17, 15) is 8.78 Å². The highest BCUT2D eigenvalue weighted by Gasteiger charge is 2.41. The second-order valence-electron chi connectivity index (χ2n) is 8.72. The van der Waals surface area contributed by atoms with Gasteiger partial charge in [-0.2, -0.15) is 9.67 Å². The number of halogens is 2. The normalized spacial score (nSPS) is 23.9. The van der Waals surface area contributed by atoms with Crippen molar-refractivity contribution < 1.29 is 8.78 Å². The molecule has 1 saturated heterocycles. The molecule has 2 atom stereocenters. The highest BCUT2D eigenvalue weighted by atomic mass is 19.1. The van der Waals surface area contributed by atoms with Gasteiger partial charge in [-0.3, -0.25) is 4.90 Å². The number of likely N-dealkylation sites (tertiary alicyclic amines) is 1. The highest BCUT2D eigenvalue weighted by Crippen LogP contribution is 2.41. The van der Waals surface area contributed by atoms with E-state index < -0.39 is 11.6 Å². The molecule has 3 aromatic rings. The molecule has 2 aromatic heterocycles. The van der Waals surface area contributed by atoms with Crippen molar-refractivity contribution in [3.63, 3.8) is 0 Å². The molecular formula is C21H25F2N9. The number of nitrogen functional groups attached to an aromatic ring is 1.